The first-order valence-corrected chi connectivity index (χ1v) is 3.40. The van der Waals surface area contributed by atoms with Gasteiger partial charge in [-0.1, -0.05) is 11.6 Å². The molecule has 0 radical (unpaired) electrons. The minimum Gasteiger partial charge on any atom is -0.225 e. The number of allylic oxidation sites excluding steroid dienone is 2. The molecule has 15 heavy (non-hydrogen) atoms. The summed E-state index contributed by atoms with van der Waals surface area (Å²) in [6.45, 7) is 0. The van der Waals surface area contributed by atoms with Gasteiger partial charge in [0.15, 0.2) is 5.63 Å². The van der Waals surface area contributed by atoms with Crippen LogP contribution in [0.25, 0.3) is 0 Å². The normalized spacial score (nSPS) is 12.1. The lowest BCUT2D eigenvalue weighted by Crippen LogP contribution is -2.00. The van der Waals surface area contributed by atoms with Crippen LogP contribution in [0.3, 0.4) is 0 Å². The lowest BCUT2D eigenvalue weighted by Gasteiger charge is -1.93. The van der Waals surface area contributed by atoms with E-state index in [-0.39, 0.29) is 6.08 Å². The van der Waals surface area contributed by atoms with Crippen molar-refractivity contribution in [1.82, 2.24) is 0 Å². The van der Waals surface area contributed by atoms with Gasteiger partial charge in [0.2, 0.25) is 0 Å². The van der Waals surface area contributed by atoms with Crippen LogP contribution in [0.2, 0.25) is 0 Å². The van der Waals surface area contributed by atoms with Crippen LogP contribution in [0.1, 0.15) is 0 Å². The molecule has 0 aliphatic carbocycles. The molecule has 0 aromatic carbocycles. The maximum atomic E-state index is 11.2. The lowest BCUT2D eigenvalue weighted by molar-refractivity contribution is -0.0826. The van der Waals surface area contributed by atoms with E-state index in [1.54, 1.807) is 0 Å². The summed E-state index contributed by atoms with van der Waals surface area (Å²) in [5.74, 6) is 0. The second kappa shape index (κ2) is 7.49. The maximum Gasteiger partial charge on any atom is 0.414 e. The van der Waals surface area contributed by atoms with Crippen molar-refractivity contribution in [3.8, 4) is 0 Å². The van der Waals surface area contributed by atoms with Crippen molar-refractivity contribution in [2.24, 2.45) is 0 Å². The predicted octanol–water partition coefficient (Wildman–Crippen LogP) is 4.63. The summed E-state index contributed by atoms with van der Waals surface area (Å²) in [6.07, 6.45) is -10.8. The van der Waals surface area contributed by atoms with E-state index in [0.717, 1.165) is 0 Å². The standard InChI is InChI=1S/C3H2ClF3.C3HF5/c4-2(5)1-3(6)7;4-2(5)1-3(6,7)8/h1-2H;1H. The second-order valence-electron chi connectivity index (χ2n) is 1.77. The Morgan fingerprint density at radius 1 is 1.00 bits per heavy atom. The molecule has 1 unspecified atom stereocenters. The predicted molar refractivity (Wildman–Crippen MR) is 37.4 cm³/mol. The van der Waals surface area contributed by atoms with E-state index in [1.165, 1.54) is 0 Å². The highest BCUT2D eigenvalue weighted by molar-refractivity contribution is 6.20. The Hall–Kier alpha value is -0.790. The topological polar surface area (TPSA) is 0 Å². The summed E-state index contributed by atoms with van der Waals surface area (Å²) < 4.78 is 86.4. The van der Waals surface area contributed by atoms with Crippen LogP contribution in [0.4, 0.5) is 35.1 Å². The molecule has 0 aliphatic heterocycles. The smallest absolute Gasteiger partial charge is 0.225 e. The monoisotopic (exact) mass is 262 g/mol. The van der Waals surface area contributed by atoms with E-state index >= 15 is 0 Å². The number of rotatable bonds is 1. The summed E-state index contributed by atoms with van der Waals surface area (Å²) in [4.78, 5) is 0. The highest BCUT2D eigenvalue weighted by atomic mass is 35.5. The van der Waals surface area contributed by atoms with Gasteiger partial charge in [-0.2, -0.15) is 30.7 Å². The van der Waals surface area contributed by atoms with E-state index in [1.807, 2.05) is 0 Å². The van der Waals surface area contributed by atoms with Crippen LogP contribution in [0.15, 0.2) is 24.3 Å². The highest BCUT2D eigenvalue weighted by Gasteiger charge is 2.24. The average molecular weight is 263 g/mol. The van der Waals surface area contributed by atoms with Crippen molar-refractivity contribution in [3.05, 3.63) is 24.3 Å². The van der Waals surface area contributed by atoms with Gasteiger partial charge in [-0.3, -0.25) is 0 Å². The van der Waals surface area contributed by atoms with E-state index in [4.69, 9.17) is 0 Å². The molecule has 0 bridgehead atoms. The van der Waals surface area contributed by atoms with Crippen molar-refractivity contribution in [3.63, 3.8) is 0 Å². The molecule has 0 aromatic heterocycles. The molecule has 0 nitrogen and oxygen atoms in total. The number of hydrogen-bond acceptors (Lipinski definition) is 0. The number of alkyl halides is 5. The Balaban J connectivity index is 0. The molecule has 0 aliphatic rings. The molecule has 9 heteroatoms. The first-order valence-electron chi connectivity index (χ1n) is 2.96. The Morgan fingerprint density at radius 3 is 1.40 bits per heavy atom. The number of hydrogen-bond donors (Lipinski definition) is 0. The lowest BCUT2D eigenvalue weighted by atomic mass is 10.6. The van der Waals surface area contributed by atoms with Gasteiger partial charge >= 0.3 is 6.18 Å². The SMILES string of the molecule is FC(F)=CC(F)(F)F.FC(F)=CC(F)Cl. The van der Waals surface area contributed by atoms with Gasteiger partial charge in [-0.25, -0.2) is 4.39 Å². The van der Waals surface area contributed by atoms with Crippen LogP contribution in [0, 0.1) is 0 Å². The van der Waals surface area contributed by atoms with Crippen molar-refractivity contribution >= 4 is 11.6 Å². The molecule has 0 saturated carbocycles. The Morgan fingerprint density at radius 2 is 1.40 bits per heavy atom. The first kappa shape index (κ1) is 16.6. The van der Waals surface area contributed by atoms with Gasteiger partial charge in [-0.15, -0.1) is 0 Å². The largest absolute Gasteiger partial charge is 0.414 e. The first-order chi connectivity index (χ1) is 6.54. The summed E-state index contributed by atoms with van der Waals surface area (Å²) in [6, 6.07) is 0. The van der Waals surface area contributed by atoms with E-state index in [0.29, 0.717) is 0 Å². The third-order valence-electron chi connectivity index (χ3n) is 0.525. The van der Waals surface area contributed by atoms with Gasteiger partial charge in [0.25, 0.3) is 12.2 Å². The zero-order chi connectivity index (χ0) is 12.6. The molecule has 0 spiro atoms. The van der Waals surface area contributed by atoms with Gasteiger partial charge in [0.1, 0.15) is 0 Å². The summed E-state index contributed by atoms with van der Waals surface area (Å²) >= 11 is 4.45. The molecule has 0 fully saturated rings. The van der Waals surface area contributed by atoms with Crippen LogP contribution in [-0.4, -0.2) is 11.8 Å². The van der Waals surface area contributed by atoms with E-state index in [2.05, 4.69) is 11.6 Å². The third kappa shape index (κ3) is 24.6. The van der Waals surface area contributed by atoms with Gasteiger partial charge in [0, 0.05) is 6.08 Å². The van der Waals surface area contributed by atoms with Crippen LogP contribution in [0.5, 0.6) is 0 Å². The molecule has 0 rings (SSSR count). The molecular weight excluding hydrogens is 260 g/mol. The minimum atomic E-state index is -4.89. The number of halogens is 9. The summed E-state index contributed by atoms with van der Waals surface area (Å²) in [5.41, 5.74) is -2.06. The third-order valence-corrected chi connectivity index (χ3v) is 0.651. The molecule has 0 aromatic rings. The second-order valence-corrected chi connectivity index (χ2v) is 2.18. The maximum absolute atomic E-state index is 11.2. The van der Waals surface area contributed by atoms with Gasteiger partial charge < -0.3 is 0 Å². The molecule has 0 amide bonds. The van der Waals surface area contributed by atoms with Crippen molar-refractivity contribution in [2.75, 3.05) is 0 Å². The van der Waals surface area contributed by atoms with Gasteiger partial charge in [0.05, 0.1) is 6.08 Å². The molecule has 0 heterocycles. The molecule has 0 N–H and O–H groups in total. The van der Waals surface area contributed by atoms with Crippen molar-refractivity contribution < 1.29 is 35.1 Å². The minimum absolute atomic E-state index is 0.0154. The fraction of sp³-hybridized carbons (Fsp3) is 0.333. The van der Waals surface area contributed by atoms with Crippen LogP contribution < -0.4 is 0 Å². The molecule has 0 saturated heterocycles. The zero-order valence-electron chi connectivity index (χ0n) is 6.63. The summed E-state index contributed by atoms with van der Waals surface area (Å²) in [5, 5.41) is 0. The van der Waals surface area contributed by atoms with Crippen LogP contribution in [-0.2, 0) is 0 Å². The molecule has 1 atom stereocenters. The van der Waals surface area contributed by atoms with Crippen LogP contribution >= 0.6 is 11.6 Å². The Bertz CT molecular complexity index is 220. The quantitative estimate of drug-likeness (QED) is 0.477. The summed E-state index contributed by atoms with van der Waals surface area (Å²) in [7, 11) is 0. The van der Waals surface area contributed by atoms with Gasteiger partial charge in [-0.05, 0) is 0 Å². The highest BCUT2D eigenvalue weighted by Crippen LogP contribution is 2.19. The van der Waals surface area contributed by atoms with Crippen molar-refractivity contribution in [2.45, 2.75) is 11.8 Å². The molecular formula is C6H3ClF8. The fourth-order valence-electron chi connectivity index (χ4n) is 0.219. The zero-order valence-corrected chi connectivity index (χ0v) is 7.39. The fourth-order valence-corrected chi connectivity index (χ4v) is 0.314. The Kier molecular flexibility index (Phi) is 8.31. The molecule has 90 valence electrons. The van der Waals surface area contributed by atoms with E-state index in [9.17, 15) is 35.1 Å². The van der Waals surface area contributed by atoms with E-state index < -0.39 is 30.0 Å². The average Bonchev–Trinajstić information content (AvgIpc) is 1.76. The Labute approximate surface area is 83.8 Å². The van der Waals surface area contributed by atoms with Crippen molar-refractivity contribution in [1.29, 1.82) is 0 Å².